The molecule has 84 valence electrons. The number of aromatic amines is 1. The molecule has 1 unspecified atom stereocenters. The van der Waals surface area contributed by atoms with E-state index in [0.29, 0.717) is 0 Å². The summed E-state index contributed by atoms with van der Waals surface area (Å²) in [4.78, 5) is 3.31. The van der Waals surface area contributed by atoms with Crippen molar-refractivity contribution in [1.29, 1.82) is 0 Å². The molecule has 1 aliphatic heterocycles. The molecule has 0 bridgehead atoms. The van der Waals surface area contributed by atoms with Gasteiger partial charge in [0.1, 0.15) is 0 Å². The van der Waals surface area contributed by atoms with Gasteiger partial charge in [0.25, 0.3) is 0 Å². The van der Waals surface area contributed by atoms with E-state index in [0.717, 1.165) is 13.2 Å². The van der Waals surface area contributed by atoms with Crippen LogP contribution in [-0.4, -0.2) is 24.2 Å². The minimum atomic E-state index is -0.000394. The van der Waals surface area contributed by atoms with Crippen LogP contribution in [0.1, 0.15) is 12.5 Å². The maximum Gasteiger partial charge on any atom is 0.0601 e. The van der Waals surface area contributed by atoms with Gasteiger partial charge in [0.15, 0.2) is 0 Å². The standard InChI is InChI=1S/C13H16N2O/c1-9(14)13(7-16-8-13)11-6-15-12-5-3-2-4-10(11)12/h2-6,9,15H,7-8,14H2,1H3. The third kappa shape index (κ3) is 1.16. The minimum absolute atomic E-state index is 0.000394. The summed E-state index contributed by atoms with van der Waals surface area (Å²) in [5.74, 6) is 0. The Bertz CT molecular complexity index is 511. The number of aromatic nitrogens is 1. The van der Waals surface area contributed by atoms with Gasteiger partial charge in [0, 0.05) is 23.1 Å². The average Bonchev–Trinajstić information content (AvgIpc) is 2.61. The van der Waals surface area contributed by atoms with Crippen LogP contribution < -0.4 is 5.73 Å². The fourth-order valence-corrected chi connectivity index (χ4v) is 2.47. The van der Waals surface area contributed by atoms with Crippen LogP contribution in [0.25, 0.3) is 10.9 Å². The van der Waals surface area contributed by atoms with E-state index in [4.69, 9.17) is 10.5 Å². The third-order valence-corrected chi connectivity index (χ3v) is 3.72. The van der Waals surface area contributed by atoms with Crippen molar-refractivity contribution < 1.29 is 4.74 Å². The van der Waals surface area contributed by atoms with E-state index in [-0.39, 0.29) is 11.5 Å². The highest BCUT2D eigenvalue weighted by atomic mass is 16.5. The average molecular weight is 216 g/mol. The lowest BCUT2D eigenvalue weighted by Gasteiger charge is -2.44. The van der Waals surface area contributed by atoms with Crippen molar-refractivity contribution in [3.8, 4) is 0 Å². The summed E-state index contributed by atoms with van der Waals surface area (Å²) >= 11 is 0. The third-order valence-electron chi connectivity index (χ3n) is 3.72. The highest BCUT2D eigenvalue weighted by molar-refractivity contribution is 5.84. The zero-order valence-corrected chi connectivity index (χ0v) is 9.36. The number of fused-ring (bicyclic) bond motifs is 1. The van der Waals surface area contributed by atoms with E-state index in [1.165, 1.54) is 16.5 Å². The number of ether oxygens (including phenoxy) is 1. The van der Waals surface area contributed by atoms with Gasteiger partial charge in [-0.05, 0) is 18.6 Å². The molecule has 0 spiro atoms. The van der Waals surface area contributed by atoms with Gasteiger partial charge in [-0.3, -0.25) is 0 Å². The van der Waals surface area contributed by atoms with Crippen molar-refractivity contribution in [3.63, 3.8) is 0 Å². The van der Waals surface area contributed by atoms with E-state index >= 15 is 0 Å². The predicted molar refractivity (Wildman–Crippen MR) is 64.4 cm³/mol. The van der Waals surface area contributed by atoms with Crippen molar-refractivity contribution in [3.05, 3.63) is 36.0 Å². The predicted octanol–water partition coefficient (Wildman–Crippen LogP) is 1.78. The molecule has 3 rings (SSSR count). The second kappa shape index (κ2) is 3.34. The first-order valence-corrected chi connectivity index (χ1v) is 5.64. The monoisotopic (exact) mass is 216 g/mol. The molecule has 0 aliphatic carbocycles. The molecule has 1 fully saturated rings. The topological polar surface area (TPSA) is 51.0 Å². The Morgan fingerprint density at radius 1 is 1.38 bits per heavy atom. The SMILES string of the molecule is CC(N)C1(c2c[nH]c3ccccc23)COC1. The maximum absolute atomic E-state index is 6.12. The first kappa shape index (κ1) is 9.87. The normalized spacial score (nSPS) is 20.6. The smallest absolute Gasteiger partial charge is 0.0601 e. The summed E-state index contributed by atoms with van der Waals surface area (Å²) < 4.78 is 5.38. The van der Waals surface area contributed by atoms with Crippen LogP contribution in [-0.2, 0) is 10.2 Å². The Hall–Kier alpha value is -1.32. The summed E-state index contributed by atoms with van der Waals surface area (Å²) in [5, 5.41) is 1.27. The molecule has 16 heavy (non-hydrogen) atoms. The summed E-state index contributed by atoms with van der Waals surface area (Å²) in [7, 11) is 0. The van der Waals surface area contributed by atoms with Gasteiger partial charge in [0.05, 0.1) is 18.6 Å². The summed E-state index contributed by atoms with van der Waals surface area (Å²) in [6.07, 6.45) is 2.08. The van der Waals surface area contributed by atoms with Gasteiger partial charge in [-0.1, -0.05) is 18.2 Å². The molecule has 3 heteroatoms. The van der Waals surface area contributed by atoms with E-state index in [1.54, 1.807) is 0 Å². The van der Waals surface area contributed by atoms with E-state index in [1.807, 2.05) is 6.07 Å². The van der Waals surface area contributed by atoms with E-state index < -0.39 is 0 Å². The first-order valence-electron chi connectivity index (χ1n) is 5.64. The van der Waals surface area contributed by atoms with Crippen LogP contribution in [0.5, 0.6) is 0 Å². The summed E-state index contributed by atoms with van der Waals surface area (Å²) in [5.41, 5.74) is 8.59. The highest BCUT2D eigenvalue weighted by Crippen LogP contribution is 2.38. The number of hydrogen-bond acceptors (Lipinski definition) is 2. The number of para-hydroxylation sites is 1. The Balaban J connectivity index is 2.18. The molecule has 0 radical (unpaired) electrons. The number of nitrogens with two attached hydrogens (primary N) is 1. The molecule has 1 saturated heterocycles. The molecule has 1 aromatic heterocycles. The molecule has 1 atom stereocenters. The molecule has 2 aromatic rings. The zero-order valence-electron chi connectivity index (χ0n) is 9.36. The molecule has 1 aromatic carbocycles. The lowest BCUT2D eigenvalue weighted by atomic mass is 9.73. The van der Waals surface area contributed by atoms with Crippen molar-refractivity contribution >= 4 is 10.9 Å². The first-order chi connectivity index (χ1) is 7.74. The van der Waals surface area contributed by atoms with Gasteiger partial charge in [0.2, 0.25) is 0 Å². The molecular formula is C13H16N2O. The van der Waals surface area contributed by atoms with E-state index in [2.05, 4.69) is 36.3 Å². The Labute approximate surface area is 94.6 Å². The van der Waals surface area contributed by atoms with Crippen molar-refractivity contribution in [2.45, 2.75) is 18.4 Å². The number of nitrogens with one attached hydrogen (secondary N) is 1. The van der Waals surface area contributed by atoms with Crippen molar-refractivity contribution in [2.24, 2.45) is 5.73 Å². The molecule has 0 saturated carbocycles. The fraction of sp³-hybridized carbons (Fsp3) is 0.385. The summed E-state index contributed by atoms with van der Waals surface area (Å²) in [6, 6.07) is 8.45. The van der Waals surface area contributed by atoms with Gasteiger partial charge in [-0.15, -0.1) is 0 Å². The highest BCUT2D eigenvalue weighted by Gasteiger charge is 2.45. The van der Waals surface area contributed by atoms with Gasteiger partial charge in [-0.25, -0.2) is 0 Å². The number of benzene rings is 1. The second-order valence-corrected chi connectivity index (χ2v) is 4.69. The molecule has 1 aliphatic rings. The second-order valence-electron chi connectivity index (χ2n) is 4.69. The Morgan fingerprint density at radius 3 is 2.75 bits per heavy atom. The van der Waals surface area contributed by atoms with Crippen LogP contribution in [0.15, 0.2) is 30.5 Å². The fourth-order valence-electron chi connectivity index (χ4n) is 2.47. The Kier molecular flexibility index (Phi) is 2.06. The number of H-pyrrole nitrogens is 1. The Morgan fingerprint density at radius 2 is 2.12 bits per heavy atom. The van der Waals surface area contributed by atoms with Gasteiger partial charge in [-0.2, -0.15) is 0 Å². The van der Waals surface area contributed by atoms with Crippen LogP contribution >= 0.6 is 0 Å². The van der Waals surface area contributed by atoms with Crippen LogP contribution in [0, 0.1) is 0 Å². The van der Waals surface area contributed by atoms with Gasteiger partial charge >= 0.3 is 0 Å². The van der Waals surface area contributed by atoms with Crippen LogP contribution in [0.4, 0.5) is 0 Å². The lowest BCUT2D eigenvalue weighted by molar-refractivity contribution is -0.0694. The molecule has 2 heterocycles. The zero-order chi connectivity index (χ0) is 11.2. The molecule has 0 amide bonds. The van der Waals surface area contributed by atoms with Gasteiger partial charge < -0.3 is 15.5 Å². The van der Waals surface area contributed by atoms with Crippen LogP contribution in [0.2, 0.25) is 0 Å². The molecular weight excluding hydrogens is 200 g/mol. The quantitative estimate of drug-likeness (QED) is 0.804. The van der Waals surface area contributed by atoms with E-state index in [9.17, 15) is 0 Å². The minimum Gasteiger partial charge on any atom is -0.379 e. The molecule has 3 N–H and O–H groups in total. The van der Waals surface area contributed by atoms with Crippen molar-refractivity contribution in [2.75, 3.05) is 13.2 Å². The molecule has 3 nitrogen and oxygen atoms in total. The maximum atomic E-state index is 6.12. The number of hydrogen-bond donors (Lipinski definition) is 2. The summed E-state index contributed by atoms with van der Waals surface area (Å²) in [6.45, 7) is 3.52. The number of rotatable bonds is 2. The lowest BCUT2D eigenvalue weighted by Crippen LogP contribution is -2.57. The van der Waals surface area contributed by atoms with Crippen molar-refractivity contribution in [1.82, 2.24) is 4.98 Å². The van der Waals surface area contributed by atoms with Crippen LogP contribution in [0.3, 0.4) is 0 Å². The largest absolute Gasteiger partial charge is 0.379 e.